The van der Waals surface area contributed by atoms with Gasteiger partial charge in [0.1, 0.15) is 16.5 Å². The van der Waals surface area contributed by atoms with Crippen molar-refractivity contribution in [1.29, 1.82) is 0 Å². The van der Waals surface area contributed by atoms with Gasteiger partial charge in [-0.15, -0.1) is 11.3 Å². The molecule has 1 saturated heterocycles. The zero-order valence-electron chi connectivity index (χ0n) is 13.0. The third-order valence-corrected chi connectivity index (χ3v) is 5.29. The first-order chi connectivity index (χ1) is 9.95. The molecule has 0 radical (unpaired) electrons. The maximum Gasteiger partial charge on any atom is 0.146 e. The van der Waals surface area contributed by atoms with Crippen LogP contribution in [0.25, 0.3) is 10.2 Å². The lowest BCUT2D eigenvalue weighted by Crippen LogP contribution is -2.46. The summed E-state index contributed by atoms with van der Waals surface area (Å²) in [6.07, 6.45) is 0.258. The van der Waals surface area contributed by atoms with Gasteiger partial charge in [0.2, 0.25) is 0 Å². The number of fused-ring (bicyclic) bond motifs is 1. The highest BCUT2D eigenvalue weighted by atomic mass is 32.1. The van der Waals surface area contributed by atoms with Crippen molar-refractivity contribution in [2.45, 2.75) is 46.4 Å². The average molecular weight is 306 g/mol. The predicted octanol–water partition coefficient (Wildman–Crippen LogP) is 2.50. The smallest absolute Gasteiger partial charge is 0.146 e. The van der Waals surface area contributed by atoms with Gasteiger partial charge in [0.05, 0.1) is 24.6 Å². The summed E-state index contributed by atoms with van der Waals surface area (Å²) < 4.78 is 5.67. The molecular weight excluding hydrogens is 284 g/mol. The Hall–Kier alpha value is -1.24. The van der Waals surface area contributed by atoms with E-state index in [1.54, 1.807) is 11.3 Å². The molecule has 1 aliphatic heterocycles. The second kappa shape index (κ2) is 5.51. The Morgan fingerprint density at radius 3 is 2.86 bits per heavy atom. The number of ether oxygens (including phenoxy) is 1. The predicted molar refractivity (Wildman–Crippen MR) is 86.6 cm³/mol. The molecule has 3 rings (SSSR count). The van der Waals surface area contributed by atoms with Gasteiger partial charge in [0.15, 0.2) is 0 Å². The van der Waals surface area contributed by atoms with E-state index in [0.29, 0.717) is 11.9 Å². The number of aromatic nitrogens is 2. The first-order valence-corrected chi connectivity index (χ1v) is 8.15. The largest absolute Gasteiger partial charge is 0.383 e. The quantitative estimate of drug-likeness (QED) is 0.923. The van der Waals surface area contributed by atoms with Crippen LogP contribution >= 0.6 is 11.3 Å². The lowest BCUT2D eigenvalue weighted by molar-refractivity contribution is -0.0534. The highest BCUT2D eigenvalue weighted by Crippen LogP contribution is 2.32. The lowest BCUT2D eigenvalue weighted by atomic mass is 10.2. The number of thiophene rings is 1. The third-order valence-electron chi connectivity index (χ3n) is 4.18. The molecule has 0 bridgehead atoms. The number of morpholine rings is 1. The first-order valence-electron chi connectivity index (χ1n) is 7.33. The molecule has 0 amide bonds. The van der Waals surface area contributed by atoms with E-state index in [9.17, 15) is 0 Å². The van der Waals surface area contributed by atoms with Crippen LogP contribution in [0.1, 0.15) is 30.1 Å². The van der Waals surface area contributed by atoms with Crippen LogP contribution in [-0.4, -0.2) is 40.2 Å². The molecule has 21 heavy (non-hydrogen) atoms. The molecule has 2 aromatic rings. The molecule has 1 aliphatic rings. The van der Waals surface area contributed by atoms with Gasteiger partial charge in [-0.3, -0.25) is 4.90 Å². The number of rotatable bonds is 2. The first kappa shape index (κ1) is 14.7. The molecule has 0 aliphatic carbocycles. The highest BCUT2D eigenvalue weighted by Gasteiger charge is 2.24. The fraction of sp³-hybridized carbons (Fsp3) is 0.600. The summed E-state index contributed by atoms with van der Waals surface area (Å²) >= 11 is 1.70. The molecule has 0 saturated carbocycles. The van der Waals surface area contributed by atoms with Crippen molar-refractivity contribution in [3.05, 3.63) is 16.3 Å². The number of nitrogen functional groups attached to an aromatic ring is 1. The molecule has 5 nitrogen and oxygen atoms in total. The number of nitrogens with two attached hydrogens (primary N) is 1. The highest BCUT2D eigenvalue weighted by molar-refractivity contribution is 7.18. The van der Waals surface area contributed by atoms with Crippen LogP contribution < -0.4 is 5.73 Å². The van der Waals surface area contributed by atoms with Crippen molar-refractivity contribution in [1.82, 2.24) is 14.9 Å². The molecule has 114 valence electrons. The molecule has 1 fully saturated rings. The minimum atomic E-state index is 0.258. The molecule has 2 N–H and O–H groups in total. The summed E-state index contributed by atoms with van der Waals surface area (Å²) in [6, 6.07) is 0.383. The second-order valence-electron chi connectivity index (χ2n) is 5.91. The van der Waals surface area contributed by atoms with Gasteiger partial charge in [-0.2, -0.15) is 0 Å². The zero-order valence-corrected chi connectivity index (χ0v) is 13.8. The van der Waals surface area contributed by atoms with E-state index in [1.165, 1.54) is 10.4 Å². The van der Waals surface area contributed by atoms with E-state index < -0.39 is 0 Å². The Morgan fingerprint density at radius 2 is 2.10 bits per heavy atom. The molecule has 2 unspecified atom stereocenters. The molecule has 3 heterocycles. The van der Waals surface area contributed by atoms with Crippen LogP contribution in [0.15, 0.2) is 0 Å². The van der Waals surface area contributed by atoms with Gasteiger partial charge in [-0.05, 0) is 33.3 Å². The summed E-state index contributed by atoms with van der Waals surface area (Å²) in [4.78, 5) is 13.9. The fourth-order valence-corrected chi connectivity index (χ4v) is 3.83. The second-order valence-corrected chi connectivity index (χ2v) is 7.11. The van der Waals surface area contributed by atoms with Crippen molar-refractivity contribution < 1.29 is 4.74 Å². The maximum atomic E-state index is 6.15. The van der Waals surface area contributed by atoms with Gasteiger partial charge < -0.3 is 10.5 Å². The molecule has 2 atom stereocenters. The Bertz CT molecular complexity index is 669. The SMILES string of the molecule is Cc1sc2nc(CN3CC(C)OCC3C)nc(N)c2c1C. The lowest BCUT2D eigenvalue weighted by Gasteiger charge is -2.36. The van der Waals surface area contributed by atoms with E-state index in [1.807, 2.05) is 0 Å². The maximum absolute atomic E-state index is 6.15. The van der Waals surface area contributed by atoms with Gasteiger partial charge in [-0.25, -0.2) is 9.97 Å². The number of aryl methyl sites for hydroxylation is 2. The summed E-state index contributed by atoms with van der Waals surface area (Å²) in [6.45, 7) is 10.9. The van der Waals surface area contributed by atoms with Crippen LogP contribution in [0, 0.1) is 13.8 Å². The van der Waals surface area contributed by atoms with Crippen molar-refractivity contribution in [2.24, 2.45) is 0 Å². The fourth-order valence-electron chi connectivity index (χ4n) is 2.77. The summed E-state index contributed by atoms with van der Waals surface area (Å²) in [7, 11) is 0. The van der Waals surface area contributed by atoms with Crippen molar-refractivity contribution in [3.63, 3.8) is 0 Å². The zero-order chi connectivity index (χ0) is 15.1. The number of anilines is 1. The van der Waals surface area contributed by atoms with Crippen molar-refractivity contribution in [3.8, 4) is 0 Å². The van der Waals surface area contributed by atoms with Gasteiger partial charge in [0.25, 0.3) is 0 Å². The topological polar surface area (TPSA) is 64.3 Å². The van der Waals surface area contributed by atoms with E-state index >= 15 is 0 Å². The van der Waals surface area contributed by atoms with E-state index in [0.717, 1.165) is 35.7 Å². The molecule has 2 aromatic heterocycles. The minimum absolute atomic E-state index is 0.258. The van der Waals surface area contributed by atoms with Crippen molar-refractivity contribution in [2.75, 3.05) is 18.9 Å². The monoisotopic (exact) mass is 306 g/mol. The number of nitrogens with zero attached hydrogens (tertiary/aromatic N) is 3. The van der Waals surface area contributed by atoms with Crippen LogP contribution in [-0.2, 0) is 11.3 Å². The summed E-state index contributed by atoms with van der Waals surface area (Å²) in [5.41, 5.74) is 7.35. The van der Waals surface area contributed by atoms with Gasteiger partial charge in [0, 0.05) is 17.5 Å². The molecule has 0 aromatic carbocycles. The summed E-state index contributed by atoms with van der Waals surface area (Å²) in [5, 5.41) is 1.02. The Balaban J connectivity index is 1.90. The average Bonchev–Trinajstić information content (AvgIpc) is 2.70. The Morgan fingerprint density at radius 1 is 1.33 bits per heavy atom. The molecule has 0 spiro atoms. The third kappa shape index (κ3) is 2.75. The molecule has 6 heteroatoms. The normalized spacial score (nSPS) is 23.8. The van der Waals surface area contributed by atoms with Gasteiger partial charge >= 0.3 is 0 Å². The standard InChI is InChI=1S/C15H22N4OS/c1-8-7-20-9(2)5-19(8)6-12-17-14(16)13-10(3)11(4)21-15(13)18-12/h8-9H,5-7H2,1-4H3,(H2,16,17,18). The van der Waals surface area contributed by atoms with Crippen molar-refractivity contribution >= 4 is 27.4 Å². The van der Waals surface area contributed by atoms with E-state index in [-0.39, 0.29) is 6.10 Å². The Kier molecular flexibility index (Phi) is 3.86. The minimum Gasteiger partial charge on any atom is -0.383 e. The number of hydrogen-bond acceptors (Lipinski definition) is 6. The van der Waals surface area contributed by atoms with Crippen LogP contribution in [0.5, 0.6) is 0 Å². The van der Waals surface area contributed by atoms with E-state index in [2.05, 4.69) is 37.6 Å². The van der Waals surface area contributed by atoms with E-state index in [4.69, 9.17) is 15.5 Å². The van der Waals surface area contributed by atoms with Crippen LogP contribution in [0.2, 0.25) is 0 Å². The summed E-state index contributed by atoms with van der Waals surface area (Å²) in [5.74, 6) is 1.41. The van der Waals surface area contributed by atoms with Crippen LogP contribution in [0.4, 0.5) is 5.82 Å². The Labute approximate surface area is 129 Å². The van der Waals surface area contributed by atoms with Crippen LogP contribution in [0.3, 0.4) is 0 Å². The molecular formula is C15H22N4OS. The number of hydrogen-bond donors (Lipinski definition) is 1. The van der Waals surface area contributed by atoms with Gasteiger partial charge in [-0.1, -0.05) is 0 Å².